The number of aromatic nitrogens is 3. The van der Waals surface area contributed by atoms with Crippen molar-refractivity contribution in [2.45, 2.75) is 0 Å². The molecule has 0 aliphatic heterocycles. The number of para-hydroxylation sites is 1. The van der Waals surface area contributed by atoms with Crippen LogP contribution in [0.15, 0.2) is 41.6 Å². The van der Waals surface area contributed by atoms with Crippen LogP contribution >= 0.6 is 0 Å². The van der Waals surface area contributed by atoms with Crippen LogP contribution in [0.3, 0.4) is 0 Å². The van der Waals surface area contributed by atoms with E-state index in [0.29, 0.717) is 5.65 Å². The molecular formula is C13H9N3O3. The van der Waals surface area contributed by atoms with Crippen LogP contribution in [0, 0.1) is 0 Å². The summed E-state index contributed by atoms with van der Waals surface area (Å²) in [7, 11) is 1.22. The van der Waals surface area contributed by atoms with Gasteiger partial charge in [0, 0.05) is 11.6 Å². The van der Waals surface area contributed by atoms with E-state index in [1.54, 1.807) is 0 Å². The van der Waals surface area contributed by atoms with Crippen LogP contribution in [-0.4, -0.2) is 27.4 Å². The first kappa shape index (κ1) is 11.3. The molecular weight excluding hydrogens is 246 g/mol. The van der Waals surface area contributed by atoms with Gasteiger partial charge in [0.25, 0.3) is 5.56 Å². The van der Waals surface area contributed by atoms with Gasteiger partial charge in [0.2, 0.25) is 0 Å². The van der Waals surface area contributed by atoms with Gasteiger partial charge in [-0.05, 0) is 12.1 Å². The van der Waals surface area contributed by atoms with Crippen LogP contribution < -0.4 is 5.56 Å². The highest BCUT2D eigenvalue weighted by Crippen LogP contribution is 2.14. The first-order valence-electron chi connectivity index (χ1n) is 5.56. The van der Waals surface area contributed by atoms with Crippen LogP contribution in [0.1, 0.15) is 10.4 Å². The van der Waals surface area contributed by atoms with Crippen molar-refractivity contribution in [3.05, 3.63) is 52.7 Å². The van der Waals surface area contributed by atoms with Crippen molar-refractivity contribution in [2.75, 3.05) is 7.11 Å². The van der Waals surface area contributed by atoms with Gasteiger partial charge >= 0.3 is 5.97 Å². The number of rotatable bonds is 1. The SMILES string of the molecule is COC(=O)c1cnc2c3ccccc3ncn2c1=O. The standard InChI is InChI=1S/C13H9N3O3/c1-19-13(18)9-6-14-11-8-4-2-3-5-10(8)15-7-16(11)12(9)17/h2-7H,1H3. The Hall–Kier alpha value is -2.76. The molecule has 0 atom stereocenters. The number of esters is 1. The van der Waals surface area contributed by atoms with Crippen molar-refractivity contribution >= 4 is 22.5 Å². The Kier molecular flexibility index (Phi) is 2.49. The zero-order valence-electron chi connectivity index (χ0n) is 10.0. The van der Waals surface area contributed by atoms with Gasteiger partial charge in [0.05, 0.1) is 12.6 Å². The van der Waals surface area contributed by atoms with Gasteiger partial charge < -0.3 is 4.74 Å². The van der Waals surface area contributed by atoms with Crippen LogP contribution in [0.2, 0.25) is 0 Å². The molecule has 2 aromatic heterocycles. The second-order valence-corrected chi connectivity index (χ2v) is 3.92. The van der Waals surface area contributed by atoms with E-state index in [2.05, 4.69) is 14.7 Å². The van der Waals surface area contributed by atoms with E-state index in [9.17, 15) is 9.59 Å². The summed E-state index contributed by atoms with van der Waals surface area (Å²) in [5, 5.41) is 0.749. The minimum absolute atomic E-state index is 0.114. The smallest absolute Gasteiger partial charge is 0.345 e. The van der Waals surface area contributed by atoms with Gasteiger partial charge in [0.1, 0.15) is 17.5 Å². The minimum Gasteiger partial charge on any atom is -0.465 e. The molecule has 94 valence electrons. The molecule has 0 saturated carbocycles. The van der Waals surface area contributed by atoms with E-state index in [4.69, 9.17) is 0 Å². The number of methoxy groups -OCH3 is 1. The van der Waals surface area contributed by atoms with Crippen molar-refractivity contribution in [3.8, 4) is 0 Å². The van der Waals surface area contributed by atoms with Gasteiger partial charge in [-0.15, -0.1) is 0 Å². The number of fused-ring (bicyclic) bond motifs is 3. The van der Waals surface area contributed by atoms with Crippen LogP contribution in [0.4, 0.5) is 0 Å². The molecule has 0 spiro atoms. The van der Waals surface area contributed by atoms with Crippen LogP contribution in [-0.2, 0) is 4.74 Å². The maximum Gasteiger partial charge on any atom is 0.345 e. The number of nitrogens with zero attached hydrogens (tertiary/aromatic N) is 3. The van der Waals surface area contributed by atoms with E-state index >= 15 is 0 Å². The molecule has 3 rings (SSSR count). The van der Waals surface area contributed by atoms with Crippen LogP contribution in [0.5, 0.6) is 0 Å². The van der Waals surface area contributed by atoms with Gasteiger partial charge in [-0.1, -0.05) is 12.1 Å². The minimum atomic E-state index is -0.708. The number of benzene rings is 1. The van der Waals surface area contributed by atoms with Crippen molar-refractivity contribution in [1.29, 1.82) is 0 Å². The Labute approximate surface area is 107 Å². The summed E-state index contributed by atoms with van der Waals surface area (Å²) in [4.78, 5) is 31.9. The lowest BCUT2D eigenvalue weighted by Gasteiger charge is -2.05. The van der Waals surface area contributed by atoms with E-state index in [1.807, 2.05) is 24.3 Å². The summed E-state index contributed by atoms with van der Waals surface area (Å²) in [5.74, 6) is -0.708. The molecule has 0 N–H and O–H groups in total. The molecule has 0 fully saturated rings. The number of carbonyl (C=O) groups is 1. The summed E-state index contributed by atoms with van der Waals surface area (Å²) >= 11 is 0. The molecule has 0 aliphatic rings. The van der Waals surface area contributed by atoms with E-state index in [1.165, 1.54) is 24.0 Å². The Bertz CT molecular complexity index is 854. The highest BCUT2D eigenvalue weighted by molar-refractivity contribution is 5.92. The first-order chi connectivity index (χ1) is 9.22. The van der Waals surface area contributed by atoms with Gasteiger partial charge in [-0.2, -0.15) is 0 Å². The Balaban J connectivity index is 2.43. The van der Waals surface area contributed by atoms with Gasteiger partial charge in [-0.3, -0.25) is 4.79 Å². The van der Waals surface area contributed by atoms with Crippen molar-refractivity contribution in [1.82, 2.24) is 14.4 Å². The summed E-state index contributed by atoms with van der Waals surface area (Å²) in [6.45, 7) is 0. The topological polar surface area (TPSA) is 73.6 Å². The van der Waals surface area contributed by atoms with E-state index < -0.39 is 11.5 Å². The third kappa shape index (κ3) is 1.65. The maximum absolute atomic E-state index is 12.2. The highest BCUT2D eigenvalue weighted by atomic mass is 16.5. The van der Waals surface area contributed by atoms with Crippen molar-refractivity contribution in [2.24, 2.45) is 0 Å². The second kappa shape index (κ2) is 4.16. The van der Waals surface area contributed by atoms with E-state index in [0.717, 1.165) is 10.9 Å². The molecule has 2 heterocycles. The van der Waals surface area contributed by atoms with Gasteiger partial charge in [-0.25, -0.2) is 19.2 Å². The summed E-state index contributed by atoms with van der Waals surface area (Å²) < 4.78 is 5.79. The lowest BCUT2D eigenvalue weighted by molar-refractivity contribution is 0.0598. The predicted octanol–water partition coefficient (Wildman–Crippen LogP) is 1.03. The van der Waals surface area contributed by atoms with Gasteiger partial charge in [0.15, 0.2) is 0 Å². The Morgan fingerprint density at radius 1 is 1.26 bits per heavy atom. The maximum atomic E-state index is 12.2. The summed E-state index contributed by atoms with van der Waals surface area (Å²) in [6, 6.07) is 7.34. The molecule has 0 saturated heterocycles. The molecule has 6 heteroatoms. The number of hydrogen-bond donors (Lipinski definition) is 0. The first-order valence-corrected chi connectivity index (χ1v) is 5.56. The zero-order valence-corrected chi connectivity index (χ0v) is 10.0. The number of ether oxygens (including phenoxy) is 1. The third-order valence-electron chi connectivity index (χ3n) is 2.86. The summed E-state index contributed by atoms with van der Waals surface area (Å²) in [5.41, 5.74) is 0.593. The fourth-order valence-electron chi connectivity index (χ4n) is 1.92. The molecule has 0 unspecified atom stereocenters. The lowest BCUT2D eigenvalue weighted by Crippen LogP contribution is -2.24. The largest absolute Gasteiger partial charge is 0.465 e. The molecule has 0 amide bonds. The third-order valence-corrected chi connectivity index (χ3v) is 2.86. The monoisotopic (exact) mass is 255 g/mol. The molecule has 3 aromatic rings. The van der Waals surface area contributed by atoms with Crippen molar-refractivity contribution < 1.29 is 9.53 Å². The van der Waals surface area contributed by atoms with Crippen molar-refractivity contribution in [3.63, 3.8) is 0 Å². The quantitative estimate of drug-likeness (QED) is 0.479. The number of carbonyl (C=O) groups excluding carboxylic acids is 1. The molecule has 0 aliphatic carbocycles. The molecule has 6 nitrogen and oxygen atoms in total. The number of hydrogen-bond acceptors (Lipinski definition) is 5. The summed E-state index contributed by atoms with van der Waals surface area (Å²) in [6.07, 6.45) is 2.59. The normalized spacial score (nSPS) is 10.8. The average molecular weight is 255 g/mol. The van der Waals surface area contributed by atoms with E-state index in [-0.39, 0.29) is 5.56 Å². The lowest BCUT2D eigenvalue weighted by atomic mass is 10.2. The predicted molar refractivity (Wildman–Crippen MR) is 68.1 cm³/mol. The second-order valence-electron chi connectivity index (χ2n) is 3.92. The highest BCUT2D eigenvalue weighted by Gasteiger charge is 2.14. The molecule has 19 heavy (non-hydrogen) atoms. The Morgan fingerprint density at radius 2 is 2.05 bits per heavy atom. The van der Waals surface area contributed by atoms with Crippen LogP contribution in [0.25, 0.3) is 16.6 Å². The molecule has 0 bridgehead atoms. The zero-order chi connectivity index (χ0) is 13.4. The fourth-order valence-corrected chi connectivity index (χ4v) is 1.92. The Morgan fingerprint density at radius 3 is 2.84 bits per heavy atom. The molecule has 0 radical (unpaired) electrons. The fraction of sp³-hybridized carbons (Fsp3) is 0.0769. The molecule has 1 aromatic carbocycles. The average Bonchev–Trinajstić information content (AvgIpc) is 2.46.